The molecule has 2 aromatic rings. The highest BCUT2D eigenvalue weighted by Crippen LogP contribution is 2.27. The summed E-state index contributed by atoms with van der Waals surface area (Å²) in [5.74, 6) is 3.00. The quantitative estimate of drug-likeness (QED) is 0.577. The summed E-state index contributed by atoms with van der Waals surface area (Å²) in [6.45, 7) is 7.01. The number of rotatable bonds is 8. The summed E-state index contributed by atoms with van der Waals surface area (Å²) < 4.78 is 32.3. The number of likely N-dealkylation sites (N-methyl/N-ethyl adjacent to an activating group) is 1. The lowest BCUT2D eigenvalue weighted by molar-refractivity contribution is 0.0169. The highest BCUT2D eigenvalue weighted by atomic mass is 19.3. The molecule has 0 saturated heterocycles. The van der Waals surface area contributed by atoms with Gasteiger partial charge in [-0.1, -0.05) is 5.92 Å². The summed E-state index contributed by atoms with van der Waals surface area (Å²) in [6.07, 6.45) is 1.10. The maximum Gasteiger partial charge on any atom is 0.272 e. The molecule has 0 spiro atoms. The monoisotopic (exact) mass is 429 g/mol. The number of halogens is 2. The average Bonchev–Trinajstić information content (AvgIpc) is 2.72. The van der Waals surface area contributed by atoms with Crippen LogP contribution >= 0.6 is 0 Å². The number of benzene rings is 1. The molecule has 5 nitrogen and oxygen atoms in total. The Labute approximate surface area is 183 Å². The molecule has 0 N–H and O–H groups in total. The van der Waals surface area contributed by atoms with Crippen molar-refractivity contribution >= 4 is 11.6 Å². The molecule has 0 bridgehead atoms. The fraction of sp³-hybridized carbons (Fsp3) is 0.417. The molecule has 31 heavy (non-hydrogen) atoms. The Kier molecular flexibility index (Phi) is 7.98. The first-order valence-corrected chi connectivity index (χ1v) is 10.1. The van der Waals surface area contributed by atoms with Gasteiger partial charge in [0, 0.05) is 56.6 Å². The highest BCUT2D eigenvalue weighted by molar-refractivity contribution is 6.00. The fourth-order valence-corrected chi connectivity index (χ4v) is 3.15. The second kappa shape index (κ2) is 10.3. The van der Waals surface area contributed by atoms with Crippen molar-refractivity contribution in [2.75, 3.05) is 32.1 Å². The van der Waals surface area contributed by atoms with Crippen molar-refractivity contribution in [3.05, 3.63) is 53.2 Å². The van der Waals surface area contributed by atoms with Crippen molar-refractivity contribution < 1.29 is 18.3 Å². The first kappa shape index (κ1) is 24.1. The second-order valence-electron chi connectivity index (χ2n) is 7.53. The minimum Gasteiger partial charge on any atom is -0.475 e. The van der Waals surface area contributed by atoms with Crippen LogP contribution in [-0.4, -0.2) is 49.1 Å². The molecule has 7 heteroatoms. The molecule has 0 aliphatic carbocycles. The predicted octanol–water partition coefficient (Wildman–Crippen LogP) is 4.56. The van der Waals surface area contributed by atoms with Crippen LogP contribution in [-0.2, 0) is 5.92 Å². The number of pyridine rings is 1. The van der Waals surface area contributed by atoms with Crippen LogP contribution in [0.5, 0.6) is 5.88 Å². The summed E-state index contributed by atoms with van der Waals surface area (Å²) in [6, 6.07) is 8.02. The minimum absolute atomic E-state index is 0.129. The van der Waals surface area contributed by atoms with Crippen LogP contribution in [0.25, 0.3) is 0 Å². The molecule has 166 valence electrons. The van der Waals surface area contributed by atoms with Gasteiger partial charge in [-0.25, -0.2) is 13.8 Å². The van der Waals surface area contributed by atoms with Crippen molar-refractivity contribution in [1.29, 1.82) is 0 Å². The Morgan fingerprint density at radius 3 is 2.48 bits per heavy atom. The van der Waals surface area contributed by atoms with Gasteiger partial charge in [0.25, 0.3) is 11.8 Å². The van der Waals surface area contributed by atoms with E-state index in [0.717, 1.165) is 24.4 Å². The number of anilines is 1. The van der Waals surface area contributed by atoms with Crippen molar-refractivity contribution in [1.82, 2.24) is 9.88 Å². The zero-order valence-corrected chi connectivity index (χ0v) is 18.9. The molecule has 2 rings (SSSR count). The molecule has 1 unspecified atom stereocenters. The van der Waals surface area contributed by atoms with Gasteiger partial charge in [-0.3, -0.25) is 4.79 Å². The number of ether oxygens (including phenoxy) is 1. The topological polar surface area (TPSA) is 45.7 Å². The van der Waals surface area contributed by atoms with E-state index in [4.69, 9.17) is 4.74 Å². The van der Waals surface area contributed by atoms with Crippen molar-refractivity contribution in [2.24, 2.45) is 0 Å². The lowest BCUT2D eigenvalue weighted by atomic mass is 10.1. The summed E-state index contributed by atoms with van der Waals surface area (Å²) in [7, 11) is 3.77. The van der Waals surface area contributed by atoms with Crippen molar-refractivity contribution in [2.45, 2.75) is 39.7 Å². The van der Waals surface area contributed by atoms with Gasteiger partial charge in [-0.05, 0) is 45.0 Å². The number of alkyl halides is 2. The Balaban J connectivity index is 2.18. The smallest absolute Gasteiger partial charge is 0.272 e. The molecule has 0 aliphatic heterocycles. The molecule has 0 saturated carbocycles. The SMILES string of the molecule is CC#Cc1ccc(N(C)C)c(C(=O)N(CC)C(C)COc2ccc(C(C)(F)F)cn2)c1. The van der Waals surface area contributed by atoms with E-state index in [-0.39, 0.29) is 30.0 Å². The molecule has 0 fully saturated rings. The zero-order valence-electron chi connectivity index (χ0n) is 18.9. The first-order chi connectivity index (χ1) is 14.6. The number of nitrogens with zero attached hydrogens (tertiary/aromatic N) is 3. The fourth-order valence-electron chi connectivity index (χ4n) is 3.15. The van der Waals surface area contributed by atoms with Gasteiger partial charge in [-0.15, -0.1) is 5.92 Å². The molecular weight excluding hydrogens is 400 g/mol. The van der Waals surface area contributed by atoms with Crippen LogP contribution in [0.2, 0.25) is 0 Å². The minimum atomic E-state index is -2.95. The van der Waals surface area contributed by atoms with E-state index in [2.05, 4.69) is 16.8 Å². The van der Waals surface area contributed by atoms with E-state index in [0.29, 0.717) is 12.1 Å². The van der Waals surface area contributed by atoms with E-state index in [9.17, 15) is 13.6 Å². The molecule has 1 heterocycles. The Morgan fingerprint density at radius 2 is 1.97 bits per heavy atom. The molecular formula is C24H29F2N3O2. The third-order valence-corrected chi connectivity index (χ3v) is 4.83. The Hall–Kier alpha value is -3.14. The van der Waals surface area contributed by atoms with E-state index in [1.807, 2.05) is 45.0 Å². The van der Waals surface area contributed by atoms with E-state index < -0.39 is 5.92 Å². The largest absolute Gasteiger partial charge is 0.475 e. The van der Waals surface area contributed by atoms with Crippen LogP contribution < -0.4 is 9.64 Å². The van der Waals surface area contributed by atoms with Crippen LogP contribution in [0, 0.1) is 11.8 Å². The van der Waals surface area contributed by atoms with Crippen molar-refractivity contribution in [3.8, 4) is 17.7 Å². The molecule has 1 aromatic heterocycles. The lowest BCUT2D eigenvalue weighted by Crippen LogP contribution is -2.42. The van der Waals surface area contributed by atoms with Gasteiger partial charge in [0.05, 0.1) is 11.6 Å². The lowest BCUT2D eigenvalue weighted by Gasteiger charge is -2.29. The van der Waals surface area contributed by atoms with Crippen LogP contribution in [0.3, 0.4) is 0 Å². The summed E-state index contributed by atoms with van der Waals surface area (Å²) in [5, 5.41) is 0. The van der Waals surface area contributed by atoms with Crippen LogP contribution in [0.1, 0.15) is 49.2 Å². The number of aromatic nitrogens is 1. The van der Waals surface area contributed by atoms with Gasteiger partial charge < -0.3 is 14.5 Å². The van der Waals surface area contributed by atoms with E-state index in [1.165, 1.54) is 12.1 Å². The normalized spacial score (nSPS) is 11.9. The maximum atomic E-state index is 13.4. The van der Waals surface area contributed by atoms with Crippen molar-refractivity contribution in [3.63, 3.8) is 0 Å². The van der Waals surface area contributed by atoms with Gasteiger partial charge in [0.15, 0.2) is 0 Å². The highest BCUT2D eigenvalue weighted by Gasteiger charge is 2.26. The van der Waals surface area contributed by atoms with E-state index in [1.54, 1.807) is 17.9 Å². The maximum absolute atomic E-state index is 13.4. The second-order valence-corrected chi connectivity index (χ2v) is 7.53. The zero-order chi connectivity index (χ0) is 23.2. The van der Waals surface area contributed by atoms with Gasteiger partial charge >= 0.3 is 0 Å². The third kappa shape index (κ3) is 6.17. The molecule has 1 atom stereocenters. The van der Waals surface area contributed by atoms with E-state index >= 15 is 0 Å². The molecule has 0 aliphatic rings. The average molecular weight is 430 g/mol. The Morgan fingerprint density at radius 1 is 1.26 bits per heavy atom. The van der Waals surface area contributed by atoms with Crippen LogP contribution in [0.4, 0.5) is 14.5 Å². The van der Waals surface area contributed by atoms with Gasteiger partial charge in [0.2, 0.25) is 5.88 Å². The predicted molar refractivity (Wildman–Crippen MR) is 119 cm³/mol. The molecule has 1 amide bonds. The molecule has 0 radical (unpaired) electrons. The number of carbonyl (C=O) groups excluding carboxylic acids is 1. The number of carbonyl (C=O) groups is 1. The Bertz CT molecular complexity index is 958. The van der Waals surface area contributed by atoms with Gasteiger partial charge in [0.1, 0.15) is 6.61 Å². The number of amides is 1. The van der Waals surface area contributed by atoms with Gasteiger partial charge in [-0.2, -0.15) is 0 Å². The third-order valence-electron chi connectivity index (χ3n) is 4.83. The standard InChI is InChI=1S/C24H29F2N3O2/c1-7-9-18-10-12-21(28(5)6)20(14-18)23(30)29(8-2)17(3)16-31-22-13-11-19(15-27-22)24(4,25)26/h10-15,17H,8,16H2,1-6H3. The van der Waals surface area contributed by atoms with Crippen LogP contribution in [0.15, 0.2) is 36.5 Å². The summed E-state index contributed by atoms with van der Waals surface area (Å²) in [5.41, 5.74) is 1.96. The number of hydrogen-bond acceptors (Lipinski definition) is 4. The summed E-state index contributed by atoms with van der Waals surface area (Å²) in [4.78, 5) is 20.9. The first-order valence-electron chi connectivity index (χ1n) is 10.1. The summed E-state index contributed by atoms with van der Waals surface area (Å²) >= 11 is 0. The number of hydrogen-bond donors (Lipinski definition) is 0. The molecule has 1 aromatic carbocycles.